The molecular weight excluding hydrogens is 286 g/mol. The molecule has 0 bridgehead atoms. The Kier molecular flexibility index (Phi) is 5.39. The maximum Gasteiger partial charge on any atom is 0.223 e. The van der Waals surface area contributed by atoms with E-state index >= 15 is 0 Å². The van der Waals surface area contributed by atoms with Gasteiger partial charge in [-0.25, -0.2) is 8.42 Å². The van der Waals surface area contributed by atoms with E-state index in [-0.39, 0.29) is 24.1 Å². The van der Waals surface area contributed by atoms with Crippen molar-refractivity contribution in [2.75, 3.05) is 12.3 Å². The predicted molar refractivity (Wildman–Crippen MR) is 82.8 cm³/mol. The first-order chi connectivity index (χ1) is 10.0. The summed E-state index contributed by atoms with van der Waals surface area (Å²) in [5, 5.41) is 0. The van der Waals surface area contributed by atoms with Crippen molar-refractivity contribution in [1.29, 1.82) is 0 Å². The highest BCUT2D eigenvalue weighted by atomic mass is 32.2. The predicted octanol–water partition coefficient (Wildman–Crippen LogP) is 2.64. The van der Waals surface area contributed by atoms with Crippen molar-refractivity contribution in [1.82, 2.24) is 4.90 Å². The van der Waals surface area contributed by atoms with Crippen molar-refractivity contribution in [3.05, 3.63) is 30.3 Å². The summed E-state index contributed by atoms with van der Waals surface area (Å²) in [7, 11) is -3.37. The van der Waals surface area contributed by atoms with E-state index < -0.39 is 9.84 Å². The summed E-state index contributed by atoms with van der Waals surface area (Å²) < 4.78 is 24.4. The number of carbonyl (C=O) groups is 1. The Morgan fingerprint density at radius 3 is 2.62 bits per heavy atom. The molecule has 1 amide bonds. The highest BCUT2D eigenvalue weighted by molar-refractivity contribution is 7.91. The van der Waals surface area contributed by atoms with Gasteiger partial charge >= 0.3 is 0 Å². The van der Waals surface area contributed by atoms with Crippen molar-refractivity contribution in [2.45, 2.75) is 50.0 Å². The van der Waals surface area contributed by atoms with E-state index in [0.717, 1.165) is 32.2 Å². The summed E-state index contributed by atoms with van der Waals surface area (Å²) in [6.45, 7) is 2.85. The number of likely N-dealkylation sites (tertiary alicyclic amines) is 1. The van der Waals surface area contributed by atoms with Crippen LogP contribution in [0.5, 0.6) is 0 Å². The van der Waals surface area contributed by atoms with Crippen LogP contribution in [0.1, 0.15) is 39.0 Å². The van der Waals surface area contributed by atoms with Gasteiger partial charge in [0.15, 0.2) is 9.84 Å². The van der Waals surface area contributed by atoms with Crippen molar-refractivity contribution in [3.63, 3.8) is 0 Å². The van der Waals surface area contributed by atoms with Crippen LogP contribution >= 0.6 is 0 Å². The first kappa shape index (κ1) is 16.0. The number of nitrogens with zero attached hydrogens (tertiary/aromatic N) is 1. The van der Waals surface area contributed by atoms with E-state index in [9.17, 15) is 13.2 Å². The molecule has 1 aliphatic heterocycles. The highest BCUT2D eigenvalue weighted by Gasteiger charge is 2.26. The number of hydrogen-bond donors (Lipinski definition) is 0. The van der Waals surface area contributed by atoms with Gasteiger partial charge in [-0.2, -0.15) is 0 Å². The van der Waals surface area contributed by atoms with E-state index in [2.05, 4.69) is 6.92 Å². The maximum atomic E-state index is 12.3. The minimum Gasteiger partial charge on any atom is -0.340 e. The molecule has 0 N–H and O–H groups in total. The quantitative estimate of drug-likeness (QED) is 0.840. The Balaban J connectivity index is 1.97. The lowest BCUT2D eigenvalue weighted by Gasteiger charge is -2.35. The van der Waals surface area contributed by atoms with Gasteiger partial charge < -0.3 is 4.90 Å². The van der Waals surface area contributed by atoms with Crippen molar-refractivity contribution < 1.29 is 13.2 Å². The van der Waals surface area contributed by atoms with Crippen LogP contribution in [0.15, 0.2) is 35.2 Å². The minimum absolute atomic E-state index is 0.0268. The van der Waals surface area contributed by atoms with Gasteiger partial charge in [0, 0.05) is 19.0 Å². The third kappa shape index (κ3) is 4.06. The van der Waals surface area contributed by atoms with Crippen molar-refractivity contribution in [2.24, 2.45) is 0 Å². The van der Waals surface area contributed by atoms with Gasteiger partial charge in [-0.3, -0.25) is 4.79 Å². The molecular formula is C16H23NO3S. The molecule has 1 aliphatic rings. The highest BCUT2D eigenvalue weighted by Crippen LogP contribution is 2.21. The van der Waals surface area contributed by atoms with Crippen molar-refractivity contribution in [3.8, 4) is 0 Å². The molecule has 1 aromatic rings. The Morgan fingerprint density at radius 1 is 1.24 bits per heavy atom. The number of benzene rings is 1. The zero-order chi connectivity index (χ0) is 15.3. The third-order valence-electron chi connectivity index (χ3n) is 4.11. The molecule has 1 saturated heterocycles. The molecule has 2 rings (SSSR count). The molecule has 1 heterocycles. The second-order valence-electron chi connectivity index (χ2n) is 5.53. The van der Waals surface area contributed by atoms with Crippen LogP contribution in [0.3, 0.4) is 0 Å². The molecule has 1 aromatic carbocycles. The Morgan fingerprint density at radius 2 is 1.95 bits per heavy atom. The number of piperidine rings is 1. The molecule has 5 heteroatoms. The summed E-state index contributed by atoms with van der Waals surface area (Å²) in [5.41, 5.74) is 0. The fourth-order valence-electron chi connectivity index (χ4n) is 2.86. The molecule has 0 aromatic heterocycles. The minimum atomic E-state index is -3.37. The zero-order valence-corrected chi connectivity index (χ0v) is 13.3. The van der Waals surface area contributed by atoms with Crippen LogP contribution in [0.4, 0.5) is 0 Å². The van der Waals surface area contributed by atoms with Crippen LogP contribution in [-0.4, -0.2) is 37.6 Å². The van der Waals surface area contributed by atoms with Gasteiger partial charge in [-0.1, -0.05) is 25.1 Å². The van der Waals surface area contributed by atoms with E-state index in [0.29, 0.717) is 4.90 Å². The molecule has 0 saturated carbocycles. The largest absolute Gasteiger partial charge is 0.340 e. The van der Waals surface area contributed by atoms with E-state index in [1.807, 2.05) is 4.90 Å². The number of amides is 1. The third-order valence-corrected chi connectivity index (χ3v) is 5.84. The summed E-state index contributed by atoms with van der Waals surface area (Å²) in [4.78, 5) is 14.5. The van der Waals surface area contributed by atoms with E-state index in [1.165, 1.54) is 0 Å². The fraction of sp³-hybridized carbons (Fsp3) is 0.562. The average molecular weight is 309 g/mol. The monoisotopic (exact) mass is 309 g/mol. The molecule has 1 atom stereocenters. The molecule has 0 aliphatic carbocycles. The van der Waals surface area contributed by atoms with Gasteiger partial charge in [-0.15, -0.1) is 0 Å². The Bertz CT molecular complexity index is 568. The van der Waals surface area contributed by atoms with Gasteiger partial charge in [-0.05, 0) is 37.8 Å². The smallest absolute Gasteiger partial charge is 0.223 e. The summed E-state index contributed by atoms with van der Waals surface area (Å²) in [6.07, 6.45) is 4.23. The lowest BCUT2D eigenvalue weighted by atomic mass is 10.00. The van der Waals surface area contributed by atoms with E-state index in [4.69, 9.17) is 0 Å². The maximum absolute atomic E-state index is 12.3. The number of carbonyl (C=O) groups excluding carboxylic acids is 1. The van der Waals surface area contributed by atoms with Crippen LogP contribution in [0.25, 0.3) is 0 Å². The van der Waals surface area contributed by atoms with Crippen LogP contribution in [0, 0.1) is 0 Å². The molecule has 0 spiro atoms. The molecule has 0 radical (unpaired) electrons. The Labute approximate surface area is 127 Å². The number of hydrogen-bond acceptors (Lipinski definition) is 3. The van der Waals surface area contributed by atoms with E-state index in [1.54, 1.807) is 30.3 Å². The zero-order valence-electron chi connectivity index (χ0n) is 12.5. The first-order valence-corrected chi connectivity index (χ1v) is 9.27. The normalized spacial score (nSPS) is 19.5. The van der Waals surface area contributed by atoms with Crippen LogP contribution < -0.4 is 0 Å². The number of sulfone groups is 1. The van der Waals surface area contributed by atoms with Crippen LogP contribution in [0.2, 0.25) is 0 Å². The summed E-state index contributed by atoms with van der Waals surface area (Å²) >= 11 is 0. The van der Waals surface area contributed by atoms with Crippen LogP contribution in [-0.2, 0) is 14.6 Å². The lowest BCUT2D eigenvalue weighted by Crippen LogP contribution is -2.43. The standard InChI is InChI=1S/C16H23NO3S/c1-2-14-8-6-7-12-17(14)16(18)11-13-21(19,20)15-9-4-3-5-10-15/h3-5,9-10,14H,2,6-8,11-13H2,1H3/t14-/m0/s1. The SMILES string of the molecule is CC[C@H]1CCCCN1C(=O)CCS(=O)(=O)c1ccccc1. The summed E-state index contributed by atoms with van der Waals surface area (Å²) in [5.74, 6) is -0.135. The molecule has 0 unspecified atom stereocenters. The topological polar surface area (TPSA) is 54.5 Å². The van der Waals surface area contributed by atoms with Gasteiger partial charge in [0.1, 0.15) is 0 Å². The molecule has 21 heavy (non-hydrogen) atoms. The van der Waals surface area contributed by atoms with Gasteiger partial charge in [0.05, 0.1) is 10.6 Å². The fourth-order valence-corrected chi connectivity index (χ4v) is 4.12. The average Bonchev–Trinajstić information content (AvgIpc) is 2.53. The Hall–Kier alpha value is -1.36. The first-order valence-electron chi connectivity index (χ1n) is 7.62. The second kappa shape index (κ2) is 7.07. The van der Waals surface area contributed by atoms with Gasteiger partial charge in [0.25, 0.3) is 0 Å². The molecule has 1 fully saturated rings. The summed E-state index contributed by atoms with van der Waals surface area (Å²) in [6, 6.07) is 8.62. The van der Waals surface area contributed by atoms with Crippen molar-refractivity contribution >= 4 is 15.7 Å². The molecule has 4 nitrogen and oxygen atoms in total. The lowest BCUT2D eigenvalue weighted by molar-refractivity contribution is -0.134. The molecule has 116 valence electrons. The number of rotatable bonds is 5. The van der Waals surface area contributed by atoms with Gasteiger partial charge in [0.2, 0.25) is 5.91 Å². The second-order valence-corrected chi connectivity index (χ2v) is 7.64.